The van der Waals surface area contributed by atoms with E-state index in [9.17, 15) is 15.2 Å². The van der Waals surface area contributed by atoms with E-state index in [1.807, 2.05) is 42.5 Å². The number of nitro groups is 1. The first-order valence-electron chi connectivity index (χ1n) is 10.8. The molecule has 0 spiro atoms. The van der Waals surface area contributed by atoms with Gasteiger partial charge in [0.25, 0.3) is 5.69 Å². The third-order valence-corrected chi connectivity index (χ3v) is 5.67. The number of rotatable bonds is 8. The van der Waals surface area contributed by atoms with Gasteiger partial charge in [-0.1, -0.05) is 42.5 Å². The van der Waals surface area contributed by atoms with Crippen LogP contribution in [0.1, 0.15) is 0 Å². The molecule has 0 bridgehead atoms. The second kappa shape index (κ2) is 10.3. The van der Waals surface area contributed by atoms with E-state index in [-0.39, 0.29) is 17.2 Å². The third kappa shape index (κ3) is 5.63. The van der Waals surface area contributed by atoms with Crippen molar-refractivity contribution >= 4 is 11.4 Å². The van der Waals surface area contributed by atoms with Crippen molar-refractivity contribution < 1.29 is 14.8 Å². The Bertz CT molecular complexity index is 1000. The van der Waals surface area contributed by atoms with Crippen molar-refractivity contribution in [3.8, 4) is 16.9 Å². The van der Waals surface area contributed by atoms with Crippen LogP contribution in [-0.2, 0) is 0 Å². The van der Waals surface area contributed by atoms with Gasteiger partial charge in [-0.2, -0.15) is 0 Å². The quantitative estimate of drug-likeness (QED) is 0.430. The van der Waals surface area contributed by atoms with Crippen LogP contribution in [0.2, 0.25) is 0 Å². The Balaban J connectivity index is 1.20. The lowest BCUT2D eigenvalue weighted by Crippen LogP contribution is -2.49. The molecule has 0 saturated carbocycles. The lowest BCUT2D eigenvalue weighted by molar-refractivity contribution is -0.384. The summed E-state index contributed by atoms with van der Waals surface area (Å²) >= 11 is 0. The number of benzene rings is 3. The molecule has 1 aliphatic heterocycles. The van der Waals surface area contributed by atoms with E-state index in [4.69, 9.17) is 4.74 Å². The molecule has 0 aliphatic carbocycles. The Morgan fingerprint density at radius 2 is 1.50 bits per heavy atom. The number of ether oxygens (including phenoxy) is 1. The van der Waals surface area contributed by atoms with Crippen molar-refractivity contribution in [3.63, 3.8) is 0 Å². The molecule has 7 nitrogen and oxygen atoms in total. The summed E-state index contributed by atoms with van der Waals surface area (Å²) < 4.78 is 5.78. The molecule has 3 aromatic rings. The Morgan fingerprint density at radius 3 is 2.12 bits per heavy atom. The SMILES string of the molecule is O=[N+]([O-])c1ccc(N2CCN(CC(O)COc3ccc(-c4ccccc4)cc3)CC2)cc1. The summed E-state index contributed by atoms with van der Waals surface area (Å²) in [5.74, 6) is 0.742. The molecule has 1 N–H and O–H groups in total. The normalized spacial score (nSPS) is 15.3. The molecule has 0 aromatic heterocycles. The Morgan fingerprint density at radius 1 is 0.875 bits per heavy atom. The molecule has 32 heavy (non-hydrogen) atoms. The number of nitrogens with zero attached hydrogens (tertiary/aromatic N) is 3. The van der Waals surface area contributed by atoms with Crippen LogP contribution in [-0.4, -0.2) is 60.4 Å². The van der Waals surface area contributed by atoms with Gasteiger partial charge in [0.2, 0.25) is 0 Å². The van der Waals surface area contributed by atoms with Gasteiger partial charge in [0.05, 0.1) is 4.92 Å². The molecular formula is C25H27N3O4. The highest BCUT2D eigenvalue weighted by molar-refractivity contribution is 5.63. The van der Waals surface area contributed by atoms with E-state index in [1.54, 1.807) is 12.1 Å². The maximum Gasteiger partial charge on any atom is 0.269 e. The lowest BCUT2D eigenvalue weighted by atomic mass is 10.1. The van der Waals surface area contributed by atoms with E-state index in [1.165, 1.54) is 12.1 Å². The maximum atomic E-state index is 10.8. The summed E-state index contributed by atoms with van der Waals surface area (Å²) in [7, 11) is 0. The van der Waals surface area contributed by atoms with Gasteiger partial charge in [-0.05, 0) is 35.4 Å². The van der Waals surface area contributed by atoms with E-state index in [0.717, 1.165) is 48.7 Å². The molecule has 1 fully saturated rings. The van der Waals surface area contributed by atoms with Crippen molar-refractivity contribution in [1.82, 2.24) is 4.90 Å². The smallest absolute Gasteiger partial charge is 0.269 e. The molecule has 1 saturated heterocycles. The van der Waals surface area contributed by atoms with Gasteiger partial charge < -0.3 is 14.7 Å². The predicted molar refractivity (Wildman–Crippen MR) is 125 cm³/mol. The number of aliphatic hydroxyl groups excluding tert-OH is 1. The van der Waals surface area contributed by atoms with Crippen molar-refractivity contribution in [2.24, 2.45) is 0 Å². The molecule has 0 amide bonds. The average Bonchev–Trinajstić information content (AvgIpc) is 2.84. The number of non-ortho nitro benzene ring substituents is 1. The minimum Gasteiger partial charge on any atom is -0.491 e. The van der Waals surface area contributed by atoms with Gasteiger partial charge >= 0.3 is 0 Å². The van der Waals surface area contributed by atoms with E-state index < -0.39 is 6.10 Å². The van der Waals surface area contributed by atoms with Crippen LogP contribution in [0.3, 0.4) is 0 Å². The van der Waals surface area contributed by atoms with Crippen LogP contribution in [0, 0.1) is 10.1 Å². The molecule has 0 radical (unpaired) electrons. The van der Waals surface area contributed by atoms with Gasteiger partial charge in [0.1, 0.15) is 18.5 Å². The van der Waals surface area contributed by atoms with Crippen LogP contribution in [0.5, 0.6) is 5.75 Å². The average molecular weight is 434 g/mol. The highest BCUT2D eigenvalue weighted by atomic mass is 16.6. The first kappa shape index (κ1) is 21.8. The molecule has 3 aromatic carbocycles. The Labute approximate surface area is 187 Å². The van der Waals surface area contributed by atoms with Crippen LogP contribution < -0.4 is 9.64 Å². The zero-order valence-electron chi connectivity index (χ0n) is 17.8. The second-order valence-electron chi connectivity index (χ2n) is 7.92. The lowest BCUT2D eigenvalue weighted by Gasteiger charge is -2.36. The number of anilines is 1. The van der Waals surface area contributed by atoms with Crippen molar-refractivity contribution in [2.75, 3.05) is 44.2 Å². The molecule has 7 heteroatoms. The fourth-order valence-electron chi connectivity index (χ4n) is 3.89. The Kier molecular flexibility index (Phi) is 6.99. The van der Waals surface area contributed by atoms with Crippen LogP contribution >= 0.6 is 0 Å². The molecule has 1 unspecified atom stereocenters. The summed E-state index contributed by atoms with van der Waals surface area (Å²) in [6, 6.07) is 24.7. The largest absolute Gasteiger partial charge is 0.491 e. The first-order valence-corrected chi connectivity index (χ1v) is 10.8. The molecule has 1 atom stereocenters. The standard InChI is InChI=1S/C25H27N3O4/c29-24(19-32-25-12-6-21(7-13-25)20-4-2-1-3-5-20)18-26-14-16-27(17-15-26)22-8-10-23(11-9-22)28(30)31/h1-13,24,29H,14-19H2. The van der Waals surface area contributed by atoms with Crippen LogP contribution in [0.4, 0.5) is 11.4 Å². The van der Waals surface area contributed by atoms with Crippen molar-refractivity contribution in [1.29, 1.82) is 0 Å². The fourth-order valence-corrected chi connectivity index (χ4v) is 3.89. The number of aliphatic hydroxyl groups is 1. The van der Waals surface area contributed by atoms with Crippen LogP contribution in [0.25, 0.3) is 11.1 Å². The highest BCUT2D eigenvalue weighted by Crippen LogP contribution is 2.23. The molecular weight excluding hydrogens is 406 g/mol. The summed E-state index contributed by atoms with van der Waals surface area (Å²) in [6.45, 7) is 4.06. The van der Waals surface area contributed by atoms with E-state index in [0.29, 0.717) is 6.54 Å². The fraction of sp³-hybridized carbons (Fsp3) is 0.280. The van der Waals surface area contributed by atoms with Gasteiger partial charge in [0.15, 0.2) is 0 Å². The number of hydrogen-bond donors (Lipinski definition) is 1. The second-order valence-corrected chi connectivity index (χ2v) is 7.92. The summed E-state index contributed by atoms with van der Waals surface area (Å²) in [4.78, 5) is 14.8. The van der Waals surface area contributed by atoms with Crippen molar-refractivity contribution in [3.05, 3.63) is 89.0 Å². The third-order valence-electron chi connectivity index (χ3n) is 5.67. The summed E-state index contributed by atoms with van der Waals surface area (Å²) in [6.07, 6.45) is -0.574. The molecule has 1 aliphatic rings. The first-order chi connectivity index (χ1) is 15.6. The van der Waals surface area contributed by atoms with Gasteiger partial charge in [-0.15, -0.1) is 0 Å². The molecule has 4 rings (SSSR count). The number of piperazine rings is 1. The van der Waals surface area contributed by atoms with Crippen LogP contribution in [0.15, 0.2) is 78.9 Å². The Hall–Kier alpha value is -3.42. The molecule has 166 valence electrons. The minimum absolute atomic E-state index is 0.102. The molecule has 1 heterocycles. The number of nitro benzene ring substituents is 1. The zero-order valence-corrected chi connectivity index (χ0v) is 17.8. The highest BCUT2D eigenvalue weighted by Gasteiger charge is 2.20. The summed E-state index contributed by atoms with van der Waals surface area (Å²) in [5, 5.41) is 21.2. The number of β-amino-alcohol motifs (C(OH)–C–C–N with tert-alkyl or cyclic N) is 1. The van der Waals surface area contributed by atoms with Crippen molar-refractivity contribution in [2.45, 2.75) is 6.10 Å². The zero-order chi connectivity index (χ0) is 22.3. The van der Waals surface area contributed by atoms with E-state index >= 15 is 0 Å². The van der Waals surface area contributed by atoms with E-state index in [2.05, 4.69) is 21.9 Å². The predicted octanol–water partition coefficient (Wildman–Crippen LogP) is 3.82. The van der Waals surface area contributed by atoms with Gasteiger partial charge in [-0.25, -0.2) is 0 Å². The van der Waals surface area contributed by atoms with Gasteiger partial charge in [0, 0.05) is 50.5 Å². The minimum atomic E-state index is -0.574. The number of hydrogen-bond acceptors (Lipinski definition) is 6. The van der Waals surface area contributed by atoms with Gasteiger partial charge in [-0.3, -0.25) is 15.0 Å². The summed E-state index contributed by atoms with van der Waals surface area (Å²) in [5.41, 5.74) is 3.37. The topological polar surface area (TPSA) is 79.1 Å². The maximum absolute atomic E-state index is 10.8. The monoisotopic (exact) mass is 433 g/mol.